The van der Waals surface area contributed by atoms with Gasteiger partial charge in [0.15, 0.2) is 5.78 Å². The molecule has 0 atom stereocenters. The molecule has 0 bridgehead atoms. The second-order valence-corrected chi connectivity index (χ2v) is 5.43. The van der Waals surface area contributed by atoms with Crippen LogP contribution < -0.4 is 4.74 Å². The van der Waals surface area contributed by atoms with Crippen molar-refractivity contribution in [3.63, 3.8) is 0 Å². The first-order chi connectivity index (χ1) is 10.2. The van der Waals surface area contributed by atoms with Crippen LogP contribution in [-0.2, 0) is 6.42 Å². The van der Waals surface area contributed by atoms with E-state index in [4.69, 9.17) is 4.74 Å². The van der Waals surface area contributed by atoms with Crippen LogP contribution in [0.1, 0.15) is 42.6 Å². The van der Waals surface area contributed by atoms with Gasteiger partial charge in [-0.05, 0) is 44.4 Å². The second-order valence-electron chi connectivity index (χ2n) is 5.43. The maximum absolute atomic E-state index is 12.4. The Labute approximate surface area is 126 Å². The van der Waals surface area contributed by atoms with Crippen LogP contribution in [-0.4, -0.2) is 11.9 Å². The van der Waals surface area contributed by atoms with Crippen LogP contribution in [0.15, 0.2) is 54.6 Å². The molecule has 0 aromatic heterocycles. The summed E-state index contributed by atoms with van der Waals surface area (Å²) in [6.45, 7) is 3.94. The lowest BCUT2D eigenvalue weighted by atomic mass is 10.0. The molecular weight excluding hydrogens is 260 g/mol. The zero-order valence-electron chi connectivity index (χ0n) is 12.7. The maximum atomic E-state index is 12.4. The third-order valence-electron chi connectivity index (χ3n) is 3.26. The summed E-state index contributed by atoms with van der Waals surface area (Å²) in [5.41, 5.74) is 1.97. The molecule has 0 amide bonds. The van der Waals surface area contributed by atoms with Crippen LogP contribution >= 0.6 is 0 Å². The Morgan fingerprint density at radius 3 is 2.38 bits per heavy atom. The standard InChI is InChI=1S/C19H22O2/c1-15(2)21-19-14-7-6-12-17(19)18(20)13-8-11-16-9-4-3-5-10-16/h3-7,9-10,12,14-15H,8,11,13H2,1-2H3. The molecular formula is C19H22O2. The topological polar surface area (TPSA) is 26.3 Å². The largest absolute Gasteiger partial charge is 0.490 e. The number of Topliss-reactive ketones (excluding diaryl/α,β-unsaturated/α-hetero) is 1. The van der Waals surface area contributed by atoms with Gasteiger partial charge in [0.1, 0.15) is 5.75 Å². The number of carbonyl (C=O) groups excluding carboxylic acids is 1. The first-order valence-corrected chi connectivity index (χ1v) is 7.49. The molecule has 21 heavy (non-hydrogen) atoms. The molecule has 2 aromatic rings. The fraction of sp³-hybridized carbons (Fsp3) is 0.316. The van der Waals surface area contributed by atoms with Gasteiger partial charge in [-0.15, -0.1) is 0 Å². The van der Waals surface area contributed by atoms with Gasteiger partial charge in [-0.1, -0.05) is 42.5 Å². The number of hydrogen-bond donors (Lipinski definition) is 0. The van der Waals surface area contributed by atoms with E-state index >= 15 is 0 Å². The monoisotopic (exact) mass is 282 g/mol. The van der Waals surface area contributed by atoms with Crippen molar-refractivity contribution in [3.05, 3.63) is 65.7 Å². The molecule has 0 saturated carbocycles. The number of benzene rings is 2. The van der Waals surface area contributed by atoms with Crippen molar-refractivity contribution in [2.24, 2.45) is 0 Å². The normalized spacial score (nSPS) is 10.6. The Kier molecular flexibility index (Phi) is 5.56. The summed E-state index contributed by atoms with van der Waals surface area (Å²) in [4.78, 5) is 12.4. The average molecular weight is 282 g/mol. The second kappa shape index (κ2) is 7.63. The van der Waals surface area contributed by atoms with E-state index in [1.165, 1.54) is 5.56 Å². The number of rotatable bonds is 7. The van der Waals surface area contributed by atoms with E-state index in [1.807, 2.05) is 56.3 Å². The summed E-state index contributed by atoms with van der Waals surface area (Å²) in [7, 11) is 0. The van der Waals surface area contributed by atoms with Gasteiger partial charge in [-0.3, -0.25) is 4.79 Å². The van der Waals surface area contributed by atoms with Crippen molar-refractivity contribution in [3.8, 4) is 5.75 Å². The fourth-order valence-corrected chi connectivity index (χ4v) is 2.29. The van der Waals surface area contributed by atoms with E-state index in [9.17, 15) is 4.79 Å². The highest BCUT2D eigenvalue weighted by Gasteiger charge is 2.12. The molecule has 2 rings (SSSR count). The van der Waals surface area contributed by atoms with Crippen molar-refractivity contribution < 1.29 is 9.53 Å². The van der Waals surface area contributed by atoms with Gasteiger partial charge in [0, 0.05) is 6.42 Å². The van der Waals surface area contributed by atoms with Gasteiger partial charge in [0.25, 0.3) is 0 Å². The van der Waals surface area contributed by atoms with E-state index in [0.29, 0.717) is 17.7 Å². The first kappa shape index (κ1) is 15.3. The minimum absolute atomic E-state index is 0.0725. The van der Waals surface area contributed by atoms with Crippen molar-refractivity contribution in [1.82, 2.24) is 0 Å². The predicted molar refractivity (Wildman–Crippen MR) is 85.9 cm³/mol. The highest BCUT2D eigenvalue weighted by Crippen LogP contribution is 2.21. The molecule has 2 aromatic carbocycles. The van der Waals surface area contributed by atoms with Gasteiger partial charge >= 0.3 is 0 Å². The molecule has 0 aliphatic heterocycles. The molecule has 0 saturated heterocycles. The summed E-state index contributed by atoms with van der Waals surface area (Å²) >= 11 is 0. The van der Waals surface area contributed by atoms with Crippen molar-refractivity contribution >= 4 is 5.78 Å². The molecule has 0 radical (unpaired) electrons. The minimum Gasteiger partial charge on any atom is -0.490 e. The van der Waals surface area contributed by atoms with Crippen LogP contribution in [0.4, 0.5) is 0 Å². The molecule has 0 heterocycles. The Bertz CT molecular complexity index is 573. The third kappa shape index (κ3) is 4.75. The van der Waals surface area contributed by atoms with Gasteiger partial charge in [0.05, 0.1) is 11.7 Å². The summed E-state index contributed by atoms with van der Waals surface area (Å²) in [5, 5.41) is 0. The van der Waals surface area contributed by atoms with Gasteiger partial charge in [-0.2, -0.15) is 0 Å². The Morgan fingerprint density at radius 1 is 1.00 bits per heavy atom. The highest BCUT2D eigenvalue weighted by atomic mass is 16.5. The van der Waals surface area contributed by atoms with Gasteiger partial charge in [-0.25, -0.2) is 0 Å². The van der Waals surface area contributed by atoms with Crippen LogP contribution in [0.5, 0.6) is 5.75 Å². The molecule has 0 aliphatic rings. The highest BCUT2D eigenvalue weighted by molar-refractivity contribution is 5.98. The molecule has 2 nitrogen and oxygen atoms in total. The maximum Gasteiger partial charge on any atom is 0.166 e. The van der Waals surface area contributed by atoms with Crippen molar-refractivity contribution in [2.75, 3.05) is 0 Å². The smallest absolute Gasteiger partial charge is 0.166 e. The summed E-state index contributed by atoms with van der Waals surface area (Å²) in [6, 6.07) is 17.8. The molecule has 0 aliphatic carbocycles. The molecule has 0 N–H and O–H groups in total. The summed E-state index contributed by atoms with van der Waals surface area (Å²) < 4.78 is 5.71. The number of ether oxygens (including phenoxy) is 1. The lowest BCUT2D eigenvalue weighted by Gasteiger charge is -2.13. The van der Waals surface area contributed by atoms with E-state index in [2.05, 4.69) is 12.1 Å². The molecule has 0 fully saturated rings. The summed E-state index contributed by atoms with van der Waals surface area (Å²) in [5.74, 6) is 0.847. The third-order valence-corrected chi connectivity index (χ3v) is 3.26. The Hall–Kier alpha value is -2.09. The average Bonchev–Trinajstić information content (AvgIpc) is 2.48. The lowest BCUT2D eigenvalue weighted by molar-refractivity contribution is 0.0974. The zero-order chi connectivity index (χ0) is 15.1. The fourth-order valence-electron chi connectivity index (χ4n) is 2.29. The lowest BCUT2D eigenvalue weighted by Crippen LogP contribution is -2.10. The van der Waals surface area contributed by atoms with E-state index in [1.54, 1.807) is 0 Å². The van der Waals surface area contributed by atoms with Crippen LogP contribution in [0, 0.1) is 0 Å². The zero-order valence-corrected chi connectivity index (χ0v) is 12.7. The first-order valence-electron chi connectivity index (χ1n) is 7.49. The Balaban J connectivity index is 1.94. The molecule has 0 unspecified atom stereocenters. The van der Waals surface area contributed by atoms with Crippen molar-refractivity contribution in [2.45, 2.75) is 39.2 Å². The van der Waals surface area contributed by atoms with Crippen LogP contribution in [0.25, 0.3) is 0 Å². The SMILES string of the molecule is CC(C)Oc1ccccc1C(=O)CCCc1ccccc1. The van der Waals surface area contributed by atoms with Crippen molar-refractivity contribution in [1.29, 1.82) is 0 Å². The number of hydrogen-bond acceptors (Lipinski definition) is 2. The van der Waals surface area contributed by atoms with E-state index < -0.39 is 0 Å². The number of carbonyl (C=O) groups is 1. The van der Waals surface area contributed by atoms with Crippen LogP contribution in [0.3, 0.4) is 0 Å². The Morgan fingerprint density at radius 2 is 1.67 bits per heavy atom. The van der Waals surface area contributed by atoms with Gasteiger partial charge < -0.3 is 4.74 Å². The van der Waals surface area contributed by atoms with E-state index in [-0.39, 0.29) is 11.9 Å². The number of ketones is 1. The minimum atomic E-state index is 0.0725. The number of aryl methyl sites for hydroxylation is 1. The van der Waals surface area contributed by atoms with Gasteiger partial charge in [0.2, 0.25) is 0 Å². The quantitative estimate of drug-likeness (QED) is 0.689. The molecule has 110 valence electrons. The number of para-hydroxylation sites is 1. The summed E-state index contributed by atoms with van der Waals surface area (Å²) in [6.07, 6.45) is 2.41. The molecule has 2 heteroatoms. The van der Waals surface area contributed by atoms with Crippen LogP contribution in [0.2, 0.25) is 0 Å². The predicted octanol–water partition coefficient (Wildman–Crippen LogP) is 4.68. The van der Waals surface area contributed by atoms with E-state index in [0.717, 1.165) is 12.8 Å². The molecule has 0 spiro atoms.